The highest BCUT2D eigenvalue weighted by Crippen LogP contribution is 2.22. The van der Waals surface area contributed by atoms with Gasteiger partial charge in [-0.1, -0.05) is 16.8 Å². The van der Waals surface area contributed by atoms with Crippen LogP contribution in [0.5, 0.6) is 0 Å². The number of anilines is 1. The minimum atomic E-state index is -0.335. The molecule has 0 aliphatic carbocycles. The van der Waals surface area contributed by atoms with Gasteiger partial charge >= 0.3 is 0 Å². The van der Waals surface area contributed by atoms with Crippen LogP contribution in [-0.2, 0) is 0 Å². The summed E-state index contributed by atoms with van der Waals surface area (Å²) in [5.41, 5.74) is 1.76. The second kappa shape index (κ2) is 6.62. The number of amides is 2. The number of carbonyl (C=O) groups is 2. The summed E-state index contributed by atoms with van der Waals surface area (Å²) in [5, 5.41) is 9.38. The van der Waals surface area contributed by atoms with Gasteiger partial charge in [0.15, 0.2) is 0 Å². The van der Waals surface area contributed by atoms with E-state index in [1.165, 1.54) is 6.07 Å². The van der Waals surface area contributed by atoms with Crippen LogP contribution in [0, 0.1) is 13.8 Å². The average molecular weight is 322 g/mol. The van der Waals surface area contributed by atoms with Gasteiger partial charge in [-0.3, -0.25) is 9.59 Å². The zero-order valence-electron chi connectivity index (χ0n) is 12.5. The minimum Gasteiger partial charge on any atom is -0.361 e. The van der Waals surface area contributed by atoms with Crippen molar-refractivity contribution in [3.63, 3.8) is 0 Å². The molecule has 0 aliphatic rings. The van der Waals surface area contributed by atoms with E-state index in [1.807, 2.05) is 6.92 Å². The lowest BCUT2D eigenvalue weighted by Crippen LogP contribution is -2.23. The molecule has 6 nitrogen and oxygen atoms in total. The molecule has 1 aromatic carbocycles. The van der Waals surface area contributed by atoms with Crippen molar-refractivity contribution in [3.05, 3.63) is 45.8 Å². The molecule has 2 N–H and O–H groups in total. The van der Waals surface area contributed by atoms with E-state index >= 15 is 0 Å². The van der Waals surface area contributed by atoms with Crippen molar-refractivity contribution in [1.29, 1.82) is 0 Å². The molecule has 2 aromatic rings. The quantitative estimate of drug-likeness (QED) is 0.906. The largest absolute Gasteiger partial charge is 0.361 e. The van der Waals surface area contributed by atoms with Gasteiger partial charge in [0.05, 0.1) is 16.3 Å². The van der Waals surface area contributed by atoms with Gasteiger partial charge < -0.3 is 15.2 Å². The van der Waals surface area contributed by atoms with Crippen LogP contribution >= 0.6 is 11.6 Å². The second-order valence-corrected chi connectivity index (χ2v) is 5.11. The number of nitrogens with one attached hydrogen (secondary N) is 2. The molecule has 0 fully saturated rings. The van der Waals surface area contributed by atoms with Crippen LogP contribution in [0.15, 0.2) is 22.7 Å². The minimum absolute atomic E-state index is 0.254. The molecule has 0 aliphatic heterocycles. The van der Waals surface area contributed by atoms with E-state index in [0.29, 0.717) is 34.8 Å². The van der Waals surface area contributed by atoms with E-state index in [4.69, 9.17) is 16.1 Å². The summed E-state index contributed by atoms with van der Waals surface area (Å²) in [6, 6.07) is 4.71. The third-order valence-electron chi connectivity index (χ3n) is 3.07. The lowest BCUT2D eigenvalue weighted by Gasteiger charge is -2.08. The molecule has 2 amide bonds. The van der Waals surface area contributed by atoms with Gasteiger partial charge in [-0.25, -0.2) is 0 Å². The molecule has 0 saturated carbocycles. The van der Waals surface area contributed by atoms with E-state index < -0.39 is 0 Å². The maximum atomic E-state index is 12.2. The number of hydrogen-bond acceptors (Lipinski definition) is 4. The molecule has 7 heteroatoms. The van der Waals surface area contributed by atoms with E-state index in [-0.39, 0.29) is 16.8 Å². The lowest BCUT2D eigenvalue weighted by atomic mass is 10.1. The van der Waals surface area contributed by atoms with Gasteiger partial charge in [0, 0.05) is 12.2 Å². The van der Waals surface area contributed by atoms with Crippen LogP contribution in [0.2, 0.25) is 5.02 Å². The van der Waals surface area contributed by atoms with Crippen LogP contribution in [0.1, 0.15) is 39.1 Å². The van der Waals surface area contributed by atoms with Crippen molar-refractivity contribution in [2.45, 2.75) is 20.8 Å². The highest BCUT2D eigenvalue weighted by molar-refractivity contribution is 6.34. The number of carbonyl (C=O) groups excluding carboxylic acids is 2. The summed E-state index contributed by atoms with van der Waals surface area (Å²) in [4.78, 5) is 24.0. The fourth-order valence-corrected chi connectivity index (χ4v) is 2.30. The summed E-state index contributed by atoms with van der Waals surface area (Å²) in [6.45, 7) is 5.69. The van der Waals surface area contributed by atoms with Crippen LogP contribution in [0.3, 0.4) is 0 Å². The standard InChI is InChI=1S/C15H16ClN3O3/c1-4-17-14(20)11-6-5-10(7-12(11)16)18-15(21)13-8(2)19-22-9(13)3/h5-7H,4H2,1-3H3,(H,17,20)(H,18,21). The van der Waals surface area contributed by atoms with Crippen LogP contribution < -0.4 is 10.6 Å². The van der Waals surface area contributed by atoms with E-state index in [0.717, 1.165) is 0 Å². The fraction of sp³-hybridized carbons (Fsp3) is 0.267. The first kappa shape index (κ1) is 16.0. The van der Waals surface area contributed by atoms with Gasteiger partial charge in [-0.2, -0.15) is 0 Å². The van der Waals surface area contributed by atoms with E-state index in [2.05, 4.69) is 15.8 Å². The van der Waals surface area contributed by atoms with Crippen LogP contribution in [0.25, 0.3) is 0 Å². The average Bonchev–Trinajstić information content (AvgIpc) is 2.78. The molecule has 22 heavy (non-hydrogen) atoms. The highest BCUT2D eigenvalue weighted by atomic mass is 35.5. The number of nitrogens with zero attached hydrogens (tertiary/aromatic N) is 1. The molecule has 1 aromatic heterocycles. The first-order valence-corrected chi connectivity index (χ1v) is 7.13. The molecule has 116 valence electrons. The molecule has 0 bridgehead atoms. The zero-order valence-corrected chi connectivity index (χ0v) is 13.2. The number of benzene rings is 1. The maximum absolute atomic E-state index is 12.2. The third kappa shape index (κ3) is 3.28. The Labute approximate surface area is 132 Å². The number of halogens is 1. The van der Waals surface area contributed by atoms with Crippen LogP contribution in [-0.4, -0.2) is 23.5 Å². The molecule has 1 heterocycles. The van der Waals surface area contributed by atoms with Crippen molar-refractivity contribution < 1.29 is 14.1 Å². The number of hydrogen-bond donors (Lipinski definition) is 2. The van der Waals surface area contributed by atoms with Crippen molar-refractivity contribution >= 4 is 29.1 Å². The molecule has 0 saturated heterocycles. The van der Waals surface area contributed by atoms with Gasteiger partial charge in [0.25, 0.3) is 11.8 Å². The number of rotatable bonds is 4. The second-order valence-electron chi connectivity index (χ2n) is 4.71. The Bertz CT molecular complexity index is 705. The van der Waals surface area contributed by atoms with Crippen molar-refractivity contribution in [3.8, 4) is 0 Å². The van der Waals surface area contributed by atoms with Gasteiger partial charge in [-0.05, 0) is 39.0 Å². The Morgan fingerprint density at radius 3 is 2.55 bits per heavy atom. The molecular formula is C15H16ClN3O3. The highest BCUT2D eigenvalue weighted by Gasteiger charge is 2.18. The Morgan fingerprint density at radius 2 is 2.00 bits per heavy atom. The SMILES string of the molecule is CCNC(=O)c1ccc(NC(=O)c2c(C)noc2C)cc1Cl. The van der Waals surface area contributed by atoms with Crippen LogP contribution in [0.4, 0.5) is 5.69 Å². The lowest BCUT2D eigenvalue weighted by molar-refractivity contribution is 0.0955. The zero-order chi connectivity index (χ0) is 16.3. The van der Waals surface area contributed by atoms with E-state index in [1.54, 1.807) is 26.0 Å². The molecule has 2 rings (SSSR count). The Balaban J connectivity index is 2.19. The summed E-state index contributed by atoms with van der Waals surface area (Å²) in [7, 11) is 0. The Hall–Kier alpha value is -2.34. The normalized spacial score (nSPS) is 10.4. The summed E-state index contributed by atoms with van der Waals surface area (Å²) in [5.74, 6) is -0.144. The predicted octanol–water partition coefficient (Wildman–Crippen LogP) is 2.95. The van der Waals surface area contributed by atoms with Gasteiger partial charge in [0.2, 0.25) is 0 Å². The first-order valence-electron chi connectivity index (χ1n) is 6.76. The van der Waals surface area contributed by atoms with Crippen molar-refractivity contribution in [1.82, 2.24) is 10.5 Å². The van der Waals surface area contributed by atoms with Crippen molar-refractivity contribution in [2.75, 3.05) is 11.9 Å². The maximum Gasteiger partial charge on any atom is 0.261 e. The summed E-state index contributed by atoms with van der Waals surface area (Å²) < 4.78 is 4.97. The molecule has 0 spiro atoms. The Kier molecular flexibility index (Phi) is 4.82. The smallest absolute Gasteiger partial charge is 0.261 e. The number of aryl methyl sites for hydroxylation is 2. The molecule has 0 unspecified atom stereocenters. The molecule has 0 atom stereocenters. The van der Waals surface area contributed by atoms with Crippen molar-refractivity contribution in [2.24, 2.45) is 0 Å². The predicted molar refractivity (Wildman–Crippen MR) is 83.4 cm³/mol. The summed E-state index contributed by atoms with van der Waals surface area (Å²) in [6.07, 6.45) is 0. The molecular weight excluding hydrogens is 306 g/mol. The molecule has 0 radical (unpaired) electrons. The summed E-state index contributed by atoms with van der Waals surface area (Å²) >= 11 is 6.09. The fourth-order valence-electron chi connectivity index (χ4n) is 2.03. The number of aromatic nitrogens is 1. The topological polar surface area (TPSA) is 84.2 Å². The monoisotopic (exact) mass is 321 g/mol. The van der Waals surface area contributed by atoms with Gasteiger partial charge in [-0.15, -0.1) is 0 Å². The first-order chi connectivity index (χ1) is 10.4. The van der Waals surface area contributed by atoms with E-state index in [9.17, 15) is 9.59 Å². The third-order valence-corrected chi connectivity index (χ3v) is 3.38. The Morgan fingerprint density at radius 1 is 1.27 bits per heavy atom. The van der Waals surface area contributed by atoms with Gasteiger partial charge in [0.1, 0.15) is 11.3 Å².